The molecule has 0 saturated carbocycles. The quantitative estimate of drug-likeness (QED) is 0.378. The maximum absolute atomic E-state index is 11.8. The molecule has 4 aromatic rings. The second kappa shape index (κ2) is 8.68. The van der Waals surface area contributed by atoms with Gasteiger partial charge in [-0.2, -0.15) is 0 Å². The van der Waals surface area contributed by atoms with E-state index in [-0.39, 0.29) is 19.1 Å². The van der Waals surface area contributed by atoms with E-state index in [9.17, 15) is 4.79 Å². The molecule has 1 aromatic carbocycles. The number of halogens is 1. The molecule has 0 atom stereocenters. The van der Waals surface area contributed by atoms with Gasteiger partial charge in [-0.25, -0.2) is 14.8 Å². The number of H-pyrrole nitrogens is 1. The van der Waals surface area contributed by atoms with E-state index in [1.54, 1.807) is 32.5 Å². The third-order valence-electron chi connectivity index (χ3n) is 4.32. The number of nitrogens with zero attached hydrogens (tertiary/aromatic N) is 2. The molecule has 0 amide bonds. The van der Waals surface area contributed by atoms with Crippen LogP contribution in [0.3, 0.4) is 0 Å². The number of hydrogen-bond acceptors (Lipinski definition) is 7. The van der Waals surface area contributed by atoms with Crippen LogP contribution in [0.5, 0.6) is 17.5 Å². The standard InChI is InChI=1S/C21H18BrN3O5/c1-3-28-21(26)30-20-15(11-27-2)19-14-8-13(29-18-7-4-12(22)9-23-18)5-6-16(14)25-17(19)10-24-20/h4-10,25H,3,11H2,1-2H3. The van der Waals surface area contributed by atoms with Crippen LogP contribution in [0.4, 0.5) is 4.79 Å². The molecule has 0 fully saturated rings. The van der Waals surface area contributed by atoms with Crippen molar-refractivity contribution in [2.24, 2.45) is 0 Å². The highest BCUT2D eigenvalue weighted by atomic mass is 79.9. The van der Waals surface area contributed by atoms with Crippen LogP contribution in [0.1, 0.15) is 12.5 Å². The van der Waals surface area contributed by atoms with Crippen molar-refractivity contribution in [1.29, 1.82) is 0 Å². The molecule has 0 saturated heterocycles. The van der Waals surface area contributed by atoms with Crippen molar-refractivity contribution in [3.8, 4) is 17.5 Å². The molecule has 0 bridgehead atoms. The summed E-state index contributed by atoms with van der Waals surface area (Å²) in [5.41, 5.74) is 2.30. The van der Waals surface area contributed by atoms with Crippen molar-refractivity contribution in [2.75, 3.05) is 13.7 Å². The number of carbonyl (C=O) groups is 1. The Balaban J connectivity index is 1.80. The zero-order valence-electron chi connectivity index (χ0n) is 16.3. The zero-order valence-corrected chi connectivity index (χ0v) is 17.9. The summed E-state index contributed by atoms with van der Waals surface area (Å²) in [7, 11) is 1.57. The molecule has 0 radical (unpaired) electrons. The van der Waals surface area contributed by atoms with Crippen LogP contribution in [0.25, 0.3) is 21.8 Å². The Kier molecular flexibility index (Phi) is 5.82. The van der Waals surface area contributed by atoms with E-state index in [2.05, 4.69) is 30.9 Å². The number of ether oxygens (including phenoxy) is 4. The SMILES string of the molecule is CCOC(=O)Oc1ncc2[nH]c3ccc(Oc4ccc(Br)cn4)cc3c2c1COC. The number of rotatable bonds is 6. The van der Waals surface area contributed by atoms with E-state index in [4.69, 9.17) is 18.9 Å². The lowest BCUT2D eigenvalue weighted by Gasteiger charge is -2.10. The number of hydrogen-bond donors (Lipinski definition) is 1. The van der Waals surface area contributed by atoms with Gasteiger partial charge in [0.15, 0.2) is 0 Å². The second-order valence-electron chi connectivity index (χ2n) is 6.30. The third-order valence-corrected chi connectivity index (χ3v) is 4.79. The highest BCUT2D eigenvalue weighted by molar-refractivity contribution is 9.10. The number of nitrogens with one attached hydrogen (secondary N) is 1. The lowest BCUT2D eigenvalue weighted by molar-refractivity contribution is 0.101. The molecule has 0 aliphatic heterocycles. The molecular weight excluding hydrogens is 454 g/mol. The molecule has 3 heterocycles. The molecule has 4 rings (SSSR count). The molecule has 0 aliphatic rings. The molecule has 9 heteroatoms. The molecule has 30 heavy (non-hydrogen) atoms. The number of aromatic nitrogens is 3. The smallest absolute Gasteiger partial charge is 0.439 e. The van der Waals surface area contributed by atoms with Crippen molar-refractivity contribution < 1.29 is 23.7 Å². The van der Waals surface area contributed by atoms with Crippen LogP contribution >= 0.6 is 15.9 Å². The number of carbonyl (C=O) groups excluding carboxylic acids is 1. The minimum absolute atomic E-state index is 0.143. The Hall–Kier alpha value is -3.17. The topological polar surface area (TPSA) is 95.6 Å². The first-order valence-electron chi connectivity index (χ1n) is 9.15. The summed E-state index contributed by atoms with van der Waals surface area (Å²) in [5.74, 6) is 1.23. The molecular formula is C21H18BrN3O5. The summed E-state index contributed by atoms with van der Waals surface area (Å²) < 4.78 is 22.3. The summed E-state index contributed by atoms with van der Waals surface area (Å²) in [6, 6.07) is 9.28. The van der Waals surface area contributed by atoms with Crippen LogP contribution in [-0.4, -0.2) is 34.8 Å². The van der Waals surface area contributed by atoms with Crippen LogP contribution in [0.15, 0.2) is 47.2 Å². The van der Waals surface area contributed by atoms with Crippen molar-refractivity contribution in [2.45, 2.75) is 13.5 Å². The Morgan fingerprint density at radius 2 is 2.00 bits per heavy atom. The van der Waals surface area contributed by atoms with Gasteiger partial charge in [0, 0.05) is 40.1 Å². The number of fused-ring (bicyclic) bond motifs is 3. The minimum Gasteiger partial charge on any atom is -0.439 e. The van der Waals surface area contributed by atoms with Gasteiger partial charge in [0.1, 0.15) is 5.75 Å². The van der Waals surface area contributed by atoms with Crippen LogP contribution in [0.2, 0.25) is 0 Å². The van der Waals surface area contributed by atoms with Crippen molar-refractivity contribution >= 4 is 43.9 Å². The van der Waals surface area contributed by atoms with Gasteiger partial charge < -0.3 is 23.9 Å². The Labute approximate surface area is 180 Å². The fraction of sp³-hybridized carbons (Fsp3) is 0.190. The van der Waals surface area contributed by atoms with Gasteiger partial charge in [-0.3, -0.25) is 0 Å². The molecule has 8 nitrogen and oxygen atoms in total. The Bertz CT molecular complexity index is 1210. The monoisotopic (exact) mass is 471 g/mol. The zero-order chi connectivity index (χ0) is 21.1. The van der Waals surface area contributed by atoms with E-state index in [1.807, 2.05) is 24.3 Å². The molecule has 1 N–H and O–H groups in total. The number of benzene rings is 1. The minimum atomic E-state index is -0.813. The maximum Gasteiger partial charge on any atom is 0.515 e. The van der Waals surface area contributed by atoms with E-state index >= 15 is 0 Å². The molecule has 154 valence electrons. The largest absolute Gasteiger partial charge is 0.515 e. The Morgan fingerprint density at radius 3 is 2.73 bits per heavy atom. The molecule has 0 aliphatic carbocycles. The third kappa shape index (κ3) is 4.07. The predicted molar refractivity (Wildman–Crippen MR) is 114 cm³/mol. The molecule has 3 aromatic heterocycles. The normalized spacial score (nSPS) is 11.0. The average Bonchev–Trinajstić information content (AvgIpc) is 3.10. The van der Waals surface area contributed by atoms with E-state index in [0.717, 1.165) is 26.3 Å². The van der Waals surface area contributed by atoms with Crippen molar-refractivity contribution in [3.63, 3.8) is 0 Å². The van der Waals surface area contributed by atoms with Gasteiger partial charge in [-0.15, -0.1) is 0 Å². The first-order chi connectivity index (χ1) is 14.6. The summed E-state index contributed by atoms with van der Waals surface area (Å²) in [4.78, 5) is 23.6. The van der Waals surface area contributed by atoms with E-state index < -0.39 is 6.16 Å². The fourth-order valence-electron chi connectivity index (χ4n) is 3.12. The maximum atomic E-state index is 11.8. The van der Waals surface area contributed by atoms with Gasteiger partial charge in [-0.05, 0) is 47.1 Å². The predicted octanol–water partition coefficient (Wildman–Crippen LogP) is 5.35. The highest BCUT2D eigenvalue weighted by Gasteiger charge is 2.19. The first-order valence-corrected chi connectivity index (χ1v) is 9.94. The van der Waals surface area contributed by atoms with Crippen LogP contribution < -0.4 is 9.47 Å². The van der Waals surface area contributed by atoms with Gasteiger partial charge in [0.05, 0.1) is 30.5 Å². The number of pyridine rings is 2. The molecule has 0 spiro atoms. The van der Waals surface area contributed by atoms with Crippen molar-refractivity contribution in [3.05, 3.63) is 52.8 Å². The van der Waals surface area contributed by atoms with Crippen LogP contribution in [0, 0.1) is 0 Å². The lowest BCUT2D eigenvalue weighted by Crippen LogP contribution is -2.12. The van der Waals surface area contributed by atoms with Gasteiger partial charge in [-0.1, -0.05) is 0 Å². The first kappa shape index (κ1) is 20.1. The summed E-state index contributed by atoms with van der Waals surface area (Å²) in [5, 5.41) is 1.71. The fourth-order valence-corrected chi connectivity index (χ4v) is 3.36. The summed E-state index contributed by atoms with van der Waals surface area (Å²) in [6.07, 6.45) is 2.47. The van der Waals surface area contributed by atoms with Crippen LogP contribution in [-0.2, 0) is 16.1 Å². The number of aromatic amines is 1. The lowest BCUT2D eigenvalue weighted by atomic mass is 10.1. The molecule has 0 unspecified atom stereocenters. The highest BCUT2D eigenvalue weighted by Crippen LogP contribution is 2.35. The summed E-state index contributed by atoms with van der Waals surface area (Å²) in [6.45, 7) is 2.11. The van der Waals surface area contributed by atoms with Gasteiger partial charge >= 0.3 is 6.16 Å². The summed E-state index contributed by atoms with van der Waals surface area (Å²) >= 11 is 3.36. The van der Waals surface area contributed by atoms with E-state index in [1.165, 1.54) is 0 Å². The average molecular weight is 472 g/mol. The second-order valence-corrected chi connectivity index (χ2v) is 7.21. The van der Waals surface area contributed by atoms with E-state index in [0.29, 0.717) is 17.2 Å². The number of methoxy groups -OCH3 is 1. The van der Waals surface area contributed by atoms with Crippen molar-refractivity contribution in [1.82, 2.24) is 15.0 Å². The van der Waals surface area contributed by atoms with Gasteiger partial charge in [0.25, 0.3) is 0 Å². The van der Waals surface area contributed by atoms with Gasteiger partial charge in [0.2, 0.25) is 11.8 Å². The Morgan fingerprint density at radius 1 is 1.13 bits per heavy atom.